The van der Waals surface area contributed by atoms with Gasteiger partial charge in [-0.05, 0) is 37.8 Å². The monoisotopic (exact) mass is 385 g/mol. The first kappa shape index (κ1) is 19.4. The second-order valence-corrected chi connectivity index (χ2v) is 8.43. The highest BCUT2D eigenvalue weighted by molar-refractivity contribution is 5.82. The van der Waals surface area contributed by atoms with Crippen LogP contribution in [-0.2, 0) is 16.1 Å². The quantitative estimate of drug-likeness (QED) is 0.695. The number of fused-ring (bicyclic) bond motifs is 1. The molecule has 0 radical (unpaired) electrons. The van der Waals surface area contributed by atoms with Gasteiger partial charge in [0.1, 0.15) is 6.04 Å². The number of carbonyl (C=O) groups excluding carboxylic acids is 1. The van der Waals surface area contributed by atoms with Gasteiger partial charge >= 0.3 is 0 Å². The van der Waals surface area contributed by atoms with Crippen molar-refractivity contribution in [3.05, 3.63) is 36.5 Å². The zero-order valence-electron chi connectivity index (χ0n) is 16.8. The van der Waals surface area contributed by atoms with E-state index in [4.69, 9.17) is 4.74 Å². The Morgan fingerprint density at radius 1 is 1.21 bits per heavy atom. The summed E-state index contributed by atoms with van der Waals surface area (Å²) < 4.78 is 7.68. The Balaban J connectivity index is 1.28. The summed E-state index contributed by atoms with van der Waals surface area (Å²) in [5, 5.41) is 4.38. The molecule has 4 rings (SSSR count). The van der Waals surface area contributed by atoms with E-state index >= 15 is 0 Å². The predicted octanol–water partition coefficient (Wildman–Crippen LogP) is 1.10. The van der Waals surface area contributed by atoms with Gasteiger partial charge in [0.15, 0.2) is 0 Å². The maximum Gasteiger partial charge on any atom is 0.238 e. The lowest BCUT2D eigenvalue weighted by atomic mass is 10.0. The molecule has 2 unspecified atom stereocenters. The topological polar surface area (TPSA) is 70.6 Å². The molecule has 0 spiro atoms. The van der Waals surface area contributed by atoms with Crippen molar-refractivity contribution in [3.8, 4) is 0 Å². The molecule has 28 heavy (non-hydrogen) atoms. The maximum atomic E-state index is 12.7. The molecule has 1 amide bonds. The van der Waals surface area contributed by atoms with Gasteiger partial charge in [-0.15, -0.1) is 0 Å². The molecule has 3 heterocycles. The van der Waals surface area contributed by atoms with E-state index in [0.717, 1.165) is 39.3 Å². The van der Waals surface area contributed by atoms with E-state index in [9.17, 15) is 4.79 Å². The summed E-state index contributed by atoms with van der Waals surface area (Å²) in [6, 6.07) is 10.5. The standard InChI is InChI=1S/C21H31N5O2/c1-21(2,26-9-11-28-12-10-26)15-22-20(27)18-13-17(23-24-18)14-25-8-7-16-5-3-4-6-19(16)25/h3-8,17-18,23-24H,9-15H2,1-2H3,(H,22,27). The van der Waals surface area contributed by atoms with E-state index in [1.165, 1.54) is 10.9 Å². The third kappa shape index (κ3) is 4.22. The van der Waals surface area contributed by atoms with E-state index in [2.05, 4.69) is 76.0 Å². The van der Waals surface area contributed by atoms with Crippen molar-refractivity contribution >= 4 is 16.8 Å². The molecule has 2 aliphatic rings. The maximum absolute atomic E-state index is 12.7. The number of hydrazine groups is 1. The van der Waals surface area contributed by atoms with Crippen molar-refractivity contribution in [1.82, 2.24) is 25.6 Å². The summed E-state index contributed by atoms with van der Waals surface area (Å²) in [6.07, 6.45) is 2.89. The van der Waals surface area contributed by atoms with Crippen molar-refractivity contribution in [2.45, 2.75) is 44.4 Å². The number of hydrogen-bond acceptors (Lipinski definition) is 5. The Kier molecular flexibility index (Phi) is 5.68. The first-order chi connectivity index (χ1) is 13.5. The average molecular weight is 386 g/mol. The van der Waals surface area contributed by atoms with Gasteiger partial charge < -0.3 is 14.6 Å². The van der Waals surface area contributed by atoms with E-state index in [1.54, 1.807) is 0 Å². The Hall–Kier alpha value is -1.93. The molecule has 2 saturated heterocycles. The summed E-state index contributed by atoms with van der Waals surface area (Å²) in [5.74, 6) is 0.0636. The van der Waals surface area contributed by atoms with Gasteiger partial charge in [-0.1, -0.05) is 18.2 Å². The number of rotatable bonds is 6. The van der Waals surface area contributed by atoms with Gasteiger partial charge in [0.2, 0.25) is 5.91 Å². The van der Waals surface area contributed by atoms with Gasteiger partial charge in [0, 0.05) is 49.5 Å². The Morgan fingerprint density at radius 3 is 2.82 bits per heavy atom. The van der Waals surface area contributed by atoms with E-state index in [0.29, 0.717) is 6.54 Å². The molecule has 7 nitrogen and oxygen atoms in total. The summed E-state index contributed by atoms with van der Waals surface area (Å²) in [4.78, 5) is 15.1. The lowest BCUT2D eigenvalue weighted by Gasteiger charge is -2.41. The number of benzene rings is 1. The number of carbonyl (C=O) groups is 1. The van der Waals surface area contributed by atoms with Crippen molar-refractivity contribution < 1.29 is 9.53 Å². The van der Waals surface area contributed by atoms with E-state index in [-0.39, 0.29) is 23.5 Å². The molecule has 2 atom stereocenters. The largest absolute Gasteiger partial charge is 0.379 e. The van der Waals surface area contributed by atoms with Gasteiger partial charge in [-0.2, -0.15) is 0 Å². The first-order valence-electron chi connectivity index (χ1n) is 10.2. The van der Waals surface area contributed by atoms with Crippen LogP contribution in [0, 0.1) is 0 Å². The summed E-state index contributed by atoms with van der Waals surface area (Å²) in [6.45, 7) is 9.19. The third-order valence-electron chi connectivity index (χ3n) is 5.96. The van der Waals surface area contributed by atoms with Crippen LogP contribution in [0.1, 0.15) is 20.3 Å². The van der Waals surface area contributed by atoms with Crippen molar-refractivity contribution in [2.24, 2.45) is 0 Å². The molecule has 3 N–H and O–H groups in total. The number of amides is 1. The number of aromatic nitrogens is 1. The van der Waals surface area contributed by atoms with Crippen molar-refractivity contribution in [3.63, 3.8) is 0 Å². The molecule has 2 fully saturated rings. The fourth-order valence-electron chi connectivity index (χ4n) is 4.16. The molecule has 1 aromatic heterocycles. The van der Waals surface area contributed by atoms with Gasteiger partial charge in [0.25, 0.3) is 0 Å². The molecular formula is C21H31N5O2. The number of nitrogens with zero attached hydrogens (tertiary/aromatic N) is 2. The normalized spacial score (nSPS) is 23.9. The van der Waals surface area contributed by atoms with Gasteiger partial charge in [-0.25, -0.2) is 5.43 Å². The van der Waals surface area contributed by atoms with E-state index < -0.39 is 0 Å². The zero-order valence-corrected chi connectivity index (χ0v) is 16.8. The third-order valence-corrected chi connectivity index (χ3v) is 5.96. The minimum Gasteiger partial charge on any atom is -0.379 e. The molecule has 1 aromatic carbocycles. The lowest BCUT2D eigenvalue weighted by molar-refractivity contribution is -0.123. The van der Waals surface area contributed by atoms with Crippen LogP contribution in [0.2, 0.25) is 0 Å². The second kappa shape index (κ2) is 8.21. The minimum absolute atomic E-state index is 0.0636. The Morgan fingerprint density at radius 2 is 2.00 bits per heavy atom. The molecule has 2 aromatic rings. The highest BCUT2D eigenvalue weighted by atomic mass is 16.5. The van der Waals surface area contributed by atoms with Crippen LogP contribution in [-0.4, -0.2) is 65.8 Å². The van der Waals surface area contributed by atoms with Crippen LogP contribution in [0.3, 0.4) is 0 Å². The second-order valence-electron chi connectivity index (χ2n) is 8.43. The molecule has 152 valence electrons. The number of hydrogen-bond donors (Lipinski definition) is 3. The number of para-hydroxylation sites is 1. The van der Waals surface area contributed by atoms with Crippen LogP contribution in [0.5, 0.6) is 0 Å². The number of ether oxygens (including phenoxy) is 1. The molecule has 0 saturated carbocycles. The van der Waals surface area contributed by atoms with Crippen LogP contribution in [0.4, 0.5) is 0 Å². The summed E-state index contributed by atoms with van der Waals surface area (Å²) >= 11 is 0. The van der Waals surface area contributed by atoms with E-state index in [1.807, 2.05) is 0 Å². The van der Waals surface area contributed by atoms with Gasteiger partial charge in [0.05, 0.1) is 13.2 Å². The molecule has 7 heteroatoms. The minimum atomic E-state index is -0.202. The van der Waals surface area contributed by atoms with Crippen LogP contribution >= 0.6 is 0 Å². The Labute approximate surface area is 166 Å². The average Bonchev–Trinajstić information content (AvgIpc) is 3.35. The SMILES string of the molecule is CC(C)(CNC(=O)C1CC(Cn2ccc3ccccc32)NN1)N1CCOCC1. The number of morpholine rings is 1. The molecular weight excluding hydrogens is 354 g/mol. The van der Waals surface area contributed by atoms with Crippen LogP contribution < -0.4 is 16.2 Å². The molecule has 2 aliphatic heterocycles. The van der Waals surface area contributed by atoms with Crippen molar-refractivity contribution in [1.29, 1.82) is 0 Å². The van der Waals surface area contributed by atoms with Crippen molar-refractivity contribution in [2.75, 3.05) is 32.8 Å². The first-order valence-corrected chi connectivity index (χ1v) is 10.2. The molecule has 0 aliphatic carbocycles. The highest BCUT2D eigenvalue weighted by Crippen LogP contribution is 2.18. The zero-order chi connectivity index (χ0) is 19.6. The fraction of sp³-hybridized carbons (Fsp3) is 0.571. The summed E-state index contributed by atoms with van der Waals surface area (Å²) in [5.41, 5.74) is 7.62. The van der Waals surface area contributed by atoms with Crippen LogP contribution in [0.25, 0.3) is 10.9 Å². The smallest absolute Gasteiger partial charge is 0.238 e. The fourth-order valence-corrected chi connectivity index (χ4v) is 4.16. The number of nitrogens with one attached hydrogen (secondary N) is 3. The Bertz CT molecular complexity index is 812. The summed E-state index contributed by atoms with van der Waals surface area (Å²) in [7, 11) is 0. The van der Waals surface area contributed by atoms with Gasteiger partial charge in [-0.3, -0.25) is 15.1 Å². The van der Waals surface area contributed by atoms with Crippen LogP contribution in [0.15, 0.2) is 36.5 Å². The molecule has 0 bridgehead atoms. The predicted molar refractivity (Wildman–Crippen MR) is 110 cm³/mol. The lowest BCUT2D eigenvalue weighted by Crippen LogP contribution is -2.56. The highest BCUT2D eigenvalue weighted by Gasteiger charge is 2.32.